The number of halogens is 2. The third kappa shape index (κ3) is 1.65. The van der Waals surface area contributed by atoms with Gasteiger partial charge >= 0.3 is 0 Å². The summed E-state index contributed by atoms with van der Waals surface area (Å²) in [5, 5.41) is 3.43. The van der Waals surface area contributed by atoms with E-state index in [1.165, 1.54) is 0 Å². The largest absolute Gasteiger partial charge is 0.495 e. The molecule has 0 saturated heterocycles. The van der Waals surface area contributed by atoms with Crippen LogP contribution in [-0.2, 0) is 0 Å². The highest BCUT2D eigenvalue weighted by Crippen LogP contribution is 2.34. The van der Waals surface area contributed by atoms with Crippen molar-refractivity contribution in [3.8, 4) is 5.75 Å². The second-order valence-electron chi connectivity index (χ2n) is 3.85. The van der Waals surface area contributed by atoms with Crippen LogP contribution in [-0.4, -0.2) is 12.1 Å². The zero-order valence-electron chi connectivity index (χ0n) is 9.05. The van der Waals surface area contributed by atoms with E-state index in [4.69, 9.17) is 27.9 Å². The van der Waals surface area contributed by atoms with Gasteiger partial charge < -0.3 is 9.72 Å². The van der Waals surface area contributed by atoms with Crippen LogP contribution >= 0.6 is 23.2 Å². The minimum Gasteiger partial charge on any atom is -0.495 e. The molecule has 1 aromatic heterocycles. The van der Waals surface area contributed by atoms with Gasteiger partial charge in [-0.25, -0.2) is 0 Å². The minimum atomic E-state index is 0.598. The second kappa shape index (κ2) is 3.83. The molecule has 0 amide bonds. The van der Waals surface area contributed by atoms with Gasteiger partial charge in [0.15, 0.2) is 0 Å². The maximum atomic E-state index is 6.13. The average Bonchev–Trinajstić information content (AvgIpc) is 2.65. The first kappa shape index (κ1) is 10.8. The number of aromatic amines is 1. The van der Waals surface area contributed by atoms with Crippen molar-refractivity contribution in [2.45, 2.75) is 0 Å². The molecule has 1 N–H and O–H groups in total. The Morgan fingerprint density at radius 1 is 1.00 bits per heavy atom. The standard InChI is InChI=1S/C13H9Cl2NO/c1-17-13-6-12-9(5-10(13)15)8-4-7(14)2-3-11(8)16-12/h2-6,16H,1H3. The fourth-order valence-corrected chi connectivity index (χ4v) is 2.44. The van der Waals surface area contributed by atoms with Gasteiger partial charge in [-0.3, -0.25) is 0 Å². The summed E-state index contributed by atoms with van der Waals surface area (Å²) in [5.74, 6) is 0.664. The molecule has 0 spiro atoms. The fourth-order valence-electron chi connectivity index (χ4n) is 2.03. The van der Waals surface area contributed by atoms with Crippen molar-refractivity contribution in [3.63, 3.8) is 0 Å². The molecule has 86 valence electrons. The van der Waals surface area contributed by atoms with E-state index >= 15 is 0 Å². The maximum absolute atomic E-state index is 6.13. The first-order chi connectivity index (χ1) is 8.19. The van der Waals surface area contributed by atoms with Crippen LogP contribution < -0.4 is 4.74 Å². The van der Waals surface area contributed by atoms with Gasteiger partial charge in [0.05, 0.1) is 17.6 Å². The summed E-state index contributed by atoms with van der Waals surface area (Å²) in [6.07, 6.45) is 0. The first-order valence-electron chi connectivity index (χ1n) is 5.13. The van der Waals surface area contributed by atoms with Crippen LogP contribution in [0.5, 0.6) is 5.75 Å². The van der Waals surface area contributed by atoms with E-state index in [0.29, 0.717) is 15.8 Å². The van der Waals surface area contributed by atoms with Crippen LogP contribution in [0.4, 0.5) is 0 Å². The van der Waals surface area contributed by atoms with Crippen molar-refractivity contribution in [1.82, 2.24) is 4.98 Å². The van der Waals surface area contributed by atoms with Gasteiger partial charge in [0.2, 0.25) is 0 Å². The summed E-state index contributed by atoms with van der Waals surface area (Å²) in [5.41, 5.74) is 2.03. The molecule has 2 aromatic carbocycles. The molecule has 0 fully saturated rings. The van der Waals surface area contributed by atoms with Gasteiger partial charge in [0, 0.05) is 27.4 Å². The first-order valence-corrected chi connectivity index (χ1v) is 5.89. The zero-order valence-corrected chi connectivity index (χ0v) is 10.6. The quantitative estimate of drug-likeness (QED) is 0.682. The Kier molecular flexibility index (Phi) is 2.42. The average molecular weight is 266 g/mol. The highest BCUT2D eigenvalue weighted by atomic mass is 35.5. The molecule has 0 radical (unpaired) electrons. The Labute approximate surface area is 108 Å². The summed E-state index contributed by atoms with van der Waals surface area (Å²) >= 11 is 12.1. The molecule has 0 aliphatic rings. The summed E-state index contributed by atoms with van der Waals surface area (Å²) < 4.78 is 5.19. The fraction of sp³-hybridized carbons (Fsp3) is 0.0769. The predicted molar refractivity (Wildman–Crippen MR) is 72.4 cm³/mol. The number of aromatic nitrogens is 1. The van der Waals surface area contributed by atoms with E-state index in [0.717, 1.165) is 21.8 Å². The Bertz CT molecular complexity index is 718. The second-order valence-corrected chi connectivity index (χ2v) is 4.69. The molecule has 0 bridgehead atoms. The zero-order chi connectivity index (χ0) is 12.0. The molecule has 2 nitrogen and oxygen atoms in total. The lowest BCUT2D eigenvalue weighted by Crippen LogP contribution is -1.83. The van der Waals surface area contributed by atoms with Crippen molar-refractivity contribution in [2.75, 3.05) is 7.11 Å². The van der Waals surface area contributed by atoms with Crippen LogP contribution in [0.15, 0.2) is 30.3 Å². The number of methoxy groups -OCH3 is 1. The van der Waals surface area contributed by atoms with Gasteiger partial charge in [-0.1, -0.05) is 23.2 Å². The Morgan fingerprint density at radius 2 is 1.76 bits per heavy atom. The summed E-state index contributed by atoms with van der Waals surface area (Å²) in [7, 11) is 1.60. The third-order valence-corrected chi connectivity index (χ3v) is 3.36. The molecule has 3 rings (SSSR count). The molecule has 0 aliphatic carbocycles. The Balaban J connectivity index is 2.44. The number of ether oxygens (including phenoxy) is 1. The summed E-state index contributed by atoms with van der Waals surface area (Å²) in [4.78, 5) is 3.31. The highest BCUT2D eigenvalue weighted by Gasteiger charge is 2.09. The molecule has 17 heavy (non-hydrogen) atoms. The molecule has 0 atom stereocenters. The summed E-state index contributed by atoms with van der Waals surface area (Å²) in [6, 6.07) is 9.53. The van der Waals surface area contributed by atoms with Crippen LogP contribution in [0.25, 0.3) is 21.8 Å². The molecule has 1 heterocycles. The highest BCUT2D eigenvalue weighted by molar-refractivity contribution is 6.34. The van der Waals surface area contributed by atoms with E-state index in [1.807, 2.05) is 30.3 Å². The summed E-state index contributed by atoms with van der Waals surface area (Å²) in [6.45, 7) is 0. The lowest BCUT2D eigenvalue weighted by Gasteiger charge is -2.02. The van der Waals surface area contributed by atoms with E-state index < -0.39 is 0 Å². The lowest BCUT2D eigenvalue weighted by molar-refractivity contribution is 0.415. The lowest BCUT2D eigenvalue weighted by atomic mass is 10.1. The van der Waals surface area contributed by atoms with Crippen molar-refractivity contribution in [3.05, 3.63) is 40.4 Å². The predicted octanol–water partition coefficient (Wildman–Crippen LogP) is 4.64. The number of fused-ring (bicyclic) bond motifs is 3. The normalized spacial score (nSPS) is 11.2. The minimum absolute atomic E-state index is 0.598. The van der Waals surface area contributed by atoms with Gasteiger partial charge in [-0.15, -0.1) is 0 Å². The number of hydrogen-bond donors (Lipinski definition) is 1. The number of rotatable bonds is 1. The molecular formula is C13H9Cl2NO. The van der Waals surface area contributed by atoms with Crippen LogP contribution in [0, 0.1) is 0 Å². The van der Waals surface area contributed by atoms with Crippen molar-refractivity contribution in [1.29, 1.82) is 0 Å². The van der Waals surface area contributed by atoms with E-state index in [1.54, 1.807) is 7.11 Å². The third-order valence-electron chi connectivity index (χ3n) is 2.83. The monoisotopic (exact) mass is 265 g/mol. The molecule has 0 aliphatic heterocycles. The Morgan fingerprint density at radius 3 is 2.53 bits per heavy atom. The maximum Gasteiger partial charge on any atom is 0.139 e. The van der Waals surface area contributed by atoms with Crippen molar-refractivity contribution in [2.24, 2.45) is 0 Å². The Hall–Kier alpha value is -1.38. The molecule has 0 saturated carbocycles. The molecule has 0 unspecified atom stereocenters. The van der Waals surface area contributed by atoms with Gasteiger partial charge in [0.25, 0.3) is 0 Å². The van der Waals surface area contributed by atoms with Crippen molar-refractivity contribution >= 4 is 45.0 Å². The number of nitrogens with one attached hydrogen (secondary N) is 1. The van der Waals surface area contributed by atoms with E-state index in [9.17, 15) is 0 Å². The van der Waals surface area contributed by atoms with E-state index in [-0.39, 0.29) is 0 Å². The van der Waals surface area contributed by atoms with Gasteiger partial charge in [-0.05, 0) is 24.3 Å². The van der Waals surface area contributed by atoms with Gasteiger partial charge in [-0.2, -0.15) is 0 Å². The van der Waals surface area contributed by atoms with Crippen LogP contribution in [0.2, 0.25) is 10.0 Å². The SMILES string of the molecule is COc1cc2[nH]c3ccc(Cl)cc3c2cc1Cl. The topological polar surface area (TPSA) is 25.0 Å². The van der Waals surface area contributed by atoms with E-state index in [2.05, 4.69) is 4.98 Å². The molecular weight excluding hydrogens is 257 g/mol. The van der Waals surface area contributed by atoms with Crippen LogP contribution in [0.1, 0.15) is 0 Å². The number of H-pyrrole nitrogens is 1. The van der Waals surface area contributed by atoms with Crippen molar-refractivity contribution < 1.29 is 4.74 Å². The smallest absolute Gasteiger partial charge is 0.139 e. The molecule has 4 heteroatoms. The van der Waals surface area contributed by atoms with Gasteiger partial charge in [0.1, 0.15) is 5.75 Å². The number of hydrogen-bond acceptors (Lipinski definition) is 1. The number of benzene rings is 2. The molecule has 3 aromatic rings. The van der Waals surface area contributed by atoms with Crippen LogP contribution in [0.3, 0.4) is 0 Å².